The molecule has 1 aliphatic heterocycles. The fourth-order valence-electron chi connectivity index (χ4n) is 5.65. The minimum Gasteiger partial charge on any atom is -0.494 e. The first kappa shape index (κ1) is 19.9. The van der Waals surface area contributed by atoms with E-state index in [-0.39, 0.29) is 27.8 Å². The summed E-state index contributed by atoms with van der Waals surface area (Å²) in [5.41, 5.74) is 6.86. The molecule has 3 aliphatic rings. The second kappa shape index (κ2) is 6.55. The summed E-state index contributed by atoms with van der Waals surface area (Å²) in [4.78, 5) is 26.2. The van der Waals surface area contributed by atoms with Gasteiger partial charge in [0.15, 0.2) is 5.82 Å². The number of nitrogens with two attached hydrogens (primary N) is 1. The van der Waals surface area contributed by atoms with Crippen LogP contribution in [0.3, 0.4) is 0 Å². The molecule has 1 saturated heterocycles. The SMILES string of the molecule is CC/C=C(/C(=O)O)C(=O)c1cc(F)c(N2CC3(N)CCC4CC43C2)c(OC)c1C. The number of carboxylic acids is 1. The number of carboxylic acid groups (broad SMARTS) is 1. The Morgan fingerprint density at radius 1 is 1.45 bits per heavy atom. The van der Waals surface area contributed by atoms with Crippen molar-refractivity contribution in [2.75, 3.05) is 25.1 Å². The van der Waals surface area contributed by atoms with E-state index in [1.54, 1.807) is 13.8 Å². The lowest BCUT2D eigenvalue weighted by Gasteiger charge is -2.27. The van der Waals surface area contributed by atoms with E-state index in [2.05, 4.69) is 0 Å². The van der Waals surface area contributed by atoms with Crippen LogP contribution in [-0.4, -0.2) is 42.6 Å². The molecule has 7 heteroatoms. The van der Waals surface area contributed by atoms with E-state index in [4.69, 9.17) is 10.5 Å². The number of Topliss-reactive ketones (excluding diaryl/α,β-unsaturated/α-hetero) is 1. The molecule has 0 aromatic heterocycles. The van der Waals surface area contributed by atoms with Crippen molar-refractivity contribution in [2.45, 2.75) is 45.1 Å². The van der Waals surface area contributed by atoms with Crippen LogP contribution in [0.15, 0.2) is 17.7 Å². The lowest BCUT2D eigenvalue weighted by Crippen LogP contribution is -2.47. The third-order valence-corrected chi connectivity index (χ3v) is 7.21. The van der Waals surface area contributed by atoms with Crippen molar-refractivity contribution in [3.05, 3.63) is 34.7 Å². The molecule has 2 aliphatic carbocycles. The van der Waals surface area contributed by atoms with Gasteiger partial charge >= 0.3 is 5.97 Å². The molecule has 1 spiro atoms. The van der Waals surface area contributed by atoms with E-state index in [1.807, 2.05) is 4.90 Å². The normalized spacial score (nSPS) is 30.2. The van der Waals surface area contributed by atoms with Crippen molar-refractivity contribution in [1.29, 1.82) is 0 Å². The number of hydrogen-bond acceptors (Lipinski definition) is 5. The van der Waals surface area contributed by atoms with Crippen LogP contribution in [0.2, 0.25) is 0 Å². The summed E-state index contributed by atoms with van der Waals surface area (Å²) in [6.07, 6.45) is 4.90. The van der Waals surface area contributed by atoms with Gasteiger partial charge in [-0.15, -0.1) is 0 Å². The van der Waals surface area contributed by atoms with Gasteiger partial charge in [0.05, 0.1) is 7.11 Å². The molecular formula is C22H27FN2O4. The Labute approximate surface area is 169 Å². The zero-order chi connectivity index (χ0) is 21.1. The van der Waals surface area contributed by atoms with Crippen LogP contribution in [-0.2, 0) is 4.79 Å². The summed E-state index contributed by atoms with van der Waals surface area (Å²) in [7, 11) is 1.44. The molecule has 3 unspecified atom stereocenters. The van der Waals surface area contributed by atoms with Gasteiger partial charge in [0.1, 0.15) is 17.0 Å². The monoisotopic (exact) mass is 402 g/mol. The Bertz CT molecular complexity index is 937. The maximum Gasteiger partial charge on any atom is 0.339 e. The Morgan fingerprint density at radius 2 is 2.17 bits per heavy atom. The summed E-state index contributed by atoms with van der Waals surface area (Å²) in [6.45, 7) is 4.64. The summed E-state index contributed by atoms with van der Waals surface area (Å²) in [5.74, 6) is -1.74. The number of ketones is 1. The van der Waals surface area contributed by atoms with Gasteiger partial charge in [-0.05, 0) is 44.6 Å². The highest BCUT2D eigenvalue weighted by atomic mass is 19.1. The van der Waals surface area contributed by atoms with Gasteiger partial charge < -0.3 is 20.5 Å². The lowest BCUT2D eigenvalue weighted by atomic mass is 9.86. The van der Waals surface area contributed by atoms with E-state index in [9.17, 15) is 14.7 Å². The number of methoxy groups -OCH3 is 1. The van der Waals surface area contributed by atoms with Crippen LogP contribution < -0.4 is 15.4 Å². The van der Waals surface area contributed by atoms with Gasteiger partial charge in [0.2, 0.25) is 5.78 Å². The second-order valence-electron chi connectivity index (χ2n) is 8.68. The van der Waals surface area contributed by atoms with Crippen LogP contribution in [0.25, 0.3) is 0 Å². The predicted molar refractivity (Wildman–Crippen MR) is 107 cm³/mol. The third-order valence-electron chi connectivity index (χ3n) is 7.21. The van der Waals surface area contributed by atoms with Gasteiger partial charge in [-0.25, -0.2) is 9.18 Å². The number of benzene rings is 1. The molecule has 3 N–H and O–H groups in total. The van der Waals surface area contributed by atoms with Crippen molar-refractivity contribution in [1.82, 2.24) is 0 Å². The molecule has 29 heavy (non-hydrogen) atoms. The Kier molecular flexibility index (Phi) is 4.49. The molecule has 1 heterocycles. The maximum atomic E-state index is 15.3. The van der Waals surface area contributed by atoms with E-state index < -0.39 is 17.6 Å². The van der Waals surface area contributed by atoms with Gasteiger partial charge in [0, 0.05) is 35.2 Å². The van der Waals surface area contributed by atoms with Gasteiger partial charge in [-0.1, -0.05) is 13.0 Å². The van der Waals surface area contributed by atoms with Crippen molar-refractivity contribution in [3.8, 4) is 5.75 Å². The molecule has 3 atom stereocenters. The summed E-state index contributed by atoms with van der Waals surface area (Å²) in [6, 6.07) is 1.14. The number of anilines is 1. The average Bonchev–Trinajstić information content (AvgIpc) is 3.20. The molecule has 0 radical (unpaired) electrons. The van der Waals surface area contributed by atoms with Gasteiger partial charge in [-0.2, -0.15) is 0 Å². The van der Waals surface area contributed by atoms with E-state index in [0.29, 0.717) is 36.7 Å². The topological polar surface area (TPSA) is 92.9 Å². The number of carbonyl (C=O) groups excluding carboxylic acids is 1. The minimum absolute atomic E-state index is 0.00881. The van der Waals surface area contributed by atoms with Gasteiger partial charge in [-0.3, -0.25) is 4.79 Å². The van der Waals surface area contributed by atoms with Crippen LogP contribution in [0.4, 0.5) is 10.1 Å². The van der Waals surface area contributed by atoms with E-state index in [0.717, 1.165) is 25.3 Å². The Balaban J connectivity index is 1.75. The molecule has 4 rings (SSSR count). The molecule has 6 nitrogen and oxygen atoms in total. The molecule has 3 fully saturated rings. The maximum absolute atomic E-state index is 15.3. The van der Waals surface area contributed by atoms with Crippen molar-refractivity contribution in [2.24, 2.45) is 17.1 Å². The molecule has 1 aromatic rings. The molecular weight excluding hydrogens is 375 g/mol. The zero-order valence-corrected chi connectivity index (χ0v) is 17.0. The molecule has 156 valence electrons. The average molecular weight is 402 g/mol. The van der Waals surface area contributed by atoms with Crippen LogP contribution in [0.1, 0.15) is 48.5 Å². The van der Waals surface area contributed by atoms with Crippen LogP contribution >= 0.6 is 0 Å². The number of hydrogen-bond donors (Lipinski definition) is 2. The Morgan fingerprint density at radius 3 is 2.72 bits per heavy atom. The number of halogens is 1. The molecule has 0 amide bonds. The van der Waals surface area contributed by atoms with E-state index in [1.165, 1.54) is 13.2 Å². The zero-order valence-electron chi connectivity index (χ0n) is 17.0. The summed E-state index contributed by atoms with van der Waals surface area (Å²) < 4.78 is 20.8. The van der Waals surface area contributed by atoms with Crippen molar-refractivity contribution < 1.29 is 23.8 Å². The molecule has 1 aromatic carbocycles. The Hall–Kier alpha value is -2.41. The number of allylic oxidation sites excluding steroid dienone is 1. The molecule has 2 saturated carbocycles. The first-order valence-corrected chi connectivity index (χ1v) is 10.1. The minimum atomic E-state index is -1.32. The highest BCUT2D eigenvalue weighted by Gasteiger charge is 2.72. The number of aliphatic carboxylic acids is 1. The number of carbonyl (C=O) groups is 2. The highest BCUT2D eigenvalue weighted by Crippen LogP contribution is 2.70. The van der Waals surface area contributed by atoms with Crippen molar-refractivity contribution in [3.63, 3.8) is 0 Å². The third kappa shape index (κ3) is 2.70. The summed E-state index contributed by atoms with van der Waals surface area (Å²) in [5, 5.41) is 9.37. The van der Waals surface area contributed by atoms with Crippen LogP contribution in [0.5, 0.6) is 5.75 Å². The van der Waals surface area contributed by atoms with Crippen molar-refractivity contribution >= 4 is 17.4 Å². The quantitative estimate of drug-likeness (QED) is 0.329. The predicted octanol–water partition coefficient (Wildman–Crippen LogP) is 3.06. The standard InChI is InChI=1S/C22H27FN2O4/c1-4-5-14(20(27)28)18(26)15-8-16(23)17(19(29-3)12(15)2)25-10-21-9-13(21)6-7-22(21,24)11-25/h5,8,13H,4,6-7,9-11,24H2,1-3H3,(H,27,28)/b14-5+. The highest BCUT2D eigenvalue weighted by molar-refractivity contribution is 6.24. The first-order chi connectivity index (χ1) is 13.7. The lowest BCUT2D eigenvalue weighted by molar-refractivity contribution is -0.132. The summed E-state index contributed by atoms with van der Waals surface area (Å²) >= 11 is 0. The number of rotatable bonds is 6. The van der Waals surface area contributed by atoms with E-state index >= 15 is 4.39 Å². The van der Waals surface area contributed by atoms with Gasteiger partial charge in [0.25, 0.3) is 0 Å². The largest absolute Gasteiger partial charge is 0.494 e. The first-order valence-electron chi connectivity index (χ1n) is 10.1. The smallest absolute Gasteiger partial charge is 0.339 e. The molecule has 0 bridgehead atoms. The second-order valence-corrected chi connectivity index (χ2v) is 8.68. The fourth-order valence-corrected chi connectivity index (χ4v) is 5.65. The number of nitrogens with zero attached hydrogens (tertiary/aromatic N) is 1. The fraction of sp³-hybridized carbons (Fsp3) is 0.545. The number of ether oxygens (including phenoxy) is 1. The van der Waals surface area contributed by atoms with Crippen LogP contribution in [0, 0.1) is 24.1 Å².